The van der Waals surface area contributed by atoms with Gasteiger partial charge in [-0.3, -0.25) is 0 Å². The summed E-state index contributed by atoms with van der Waals surface area (Å²) < 4.78 is 52.5. The second kappa shape index (κ2) is 7.85. The fraction of sp³-hybridized carbons (Fsp3) is 0.636. The highest BCUT2D eigenvalue weighted by Crippen LogP contribution is 2.29. The molecule has 6 nitrogen and oxygen atoms in total. The second-order valence-corrected chi connectivity index (χ2v) is 3.75. The summed E-state index contributed by atoms with van der Waals surface area (Å²) in [6.45, 7) is 1.37. The van der Waals surface area contributed by atoms with Crippen molar-refractivity contribution >= 4 is 5.95 Å². The molecule has 2 N–H and O–H groups in total. The van der Waals surface area contributed by atoms with Crippen LogP contribution in [0.1, 0.15) is 12.1 Å². The van der Waals surface area contributed by atoms with E-state index in [0.717, 1.165) is 6.42 Å². The molecular weight excluding hydrogens is 279 g/mol. The third-order valence-corrected chi connectivity index (χ3v) is 2.13. The average Bonchev–Trinajstić information content (AvgIpc) is 2.36. The van der Waals surface area contributed by atoms with Crippen molar-refractivity contribution in [1.29, 1.82) is 0 Å². The maximum Gasteiger partial charge on any atom is 0.433 e. The topological polar surface area (TPSA) is 79.5 Å². The summed E-state index contributed by atoms with van der Waals surface area (Å²) in [4.78, 5) is 6.66. The molecule has 0 atom stereocenters. The number of nitrogen functional groups attached to an aromatic ring is 1. The molecule has 0 aliphatic heterocycles. The maximum absolute atomic E-state index is 12.5. The van der Waals surface area contributed by atoms with Crippen LogP contribution in [-0.2, 0) is 15.7 Å². The first-order valence-corrected chi connectivity index (χ1v) is 5.84. The van der Waals surface area contributed by atoms with Crippen LogP contribution < -0.4 is 10.5 Å². The first-order valence-electron chi connectivity index (χ1n) is 5.84. The second-order valence-electron chi connectivity index (χ2n) is 3.75. The van der Waals surface area contributed by atoms with Crippen LogP contribution >= 0.6 is 0 Å². The predicted molar refractivity (Wildman–Crippen MR) is 64.3 cm³/mol. The Balaban J connectivity index is 2.39. The minimum Gasteiger partial charge on any atom is -0.475 e. The van der Waals surface area contributed by atoms with E-state index in [4.69, 9.17) is 19.9 Å². The number of ether oxygens (including phenoxy) is 3. The number of hydrogen-bond acceptors (Lipinski definition) is 6. The zero-order valence-electron chi connectivity index (χ0n) is 10.9. The number of methoxy groups -OCH3 is 1. The smallest absolute Gasteiger partial charge is 0.433 e. The minimum absolute atomic E-state index is 0.0702. The molecule has 20 heavy (non-hydrogen) atoms. The number of hydrogen-bond donors (Lipinski definition) is 1. The molecule has 0 aliphatic rings. The fourth-order valence-corrected chi connectivity index (χ4v) is 1.27. The van der Waals surface area contributed by atoms with Gasteiger partial charge in [0.15, 0.2) is 5.69 Å². The molecule has 0 fully saturated rings. The highest BCUT2D eigenvalue weighted by atomic mass is 19.4. The lowest BCUT2D eigenvalue weighted by atomic mass is 10.4. The lowest BCUT2D eigenvalue weighted by Gasteiger charge is -2.10. The van der Waals surface area contributed by atoms with Crippen LogP contribution in [0.2, 0.25) is 0 Å². The molecule has 114 valence electrons. The normalized spacial score (nSPS) is 11.6. The van der Waals surface area contributed by atoms with Crippen LogP contribution in [-0.4, -0.2) is 43.5 Å². The highest BCUT2D eigenvalue weighted by Gasteiger charge is 2.33. The summed E-state index contributed by atoms with van der Waals surface area (Å²) in [6, 6.07) is 0.696. The van der Waals surface area contributed by atoms with Gasteiger partial charge in [-0.1, -0.05) is 0 Å². The highest BCUT2D eigenvalue weighted by molar-refractivity contribution is 5.27. The number of anilines is 1. The van der Waals surface area contributed by atoms with E-state index in [-0.39, 0.29) is 19.1 Å². The van der Waals surface area contributed by atoms with Gasteiger partial charge < -0.3 is 19.9 Å². The molecule has 0 saturated carbocycles. The van der Waals surface area contributed by atoms with Gasteiger partial charge in [-0.25, -0.2) is 4.98 Å². The van der Waals surface area contributed by atoms with E-state index in [1.54, 1.807) is 7.11 Å². The molecule has 0 aliphatic carbocycles. The quantitative estimate of drug-likeness (QED) is 0.732. The number of aromatic nitrogens is 2. The molecule has 1 aromatic heterocycles. The van der Waals surface area contributed by atoms with Crippen molar-refractivity contribution in [2.45, 2.75) is 12.6 Å². The van der Waals surface area contributed by atoms with E-state index in [2.05, 4.69) is 9.97 Å². The predicted octanol–water partition coefficient (Wildman–Crippen LogP) is 1.51. The molecule has 0 unspecified atom stereocenters. The van der Waals surface area contributed by atoms with Crippen molar-refractivity contribution in [2.24, 2.45) is 0 Å². The summed E-state index contributed by atoms with van der Waals surface area (Å²) in [5.41, 5.74) is 4.06. The van der Waals surface area contributed by atoms with Gasteiger partial charge in [0.2, 0.25) is 11.8 Å². The summed E-state index contributed by atoms with van der Waals surface area (Å²) >= 11 is 0. The summed E-state index contributed by atoms with van der Waals surface area (Å²) in [7, 11) is 1.58. The van der Waals surface area contributed by atoms with E-state index in [9.17, 15) is 13.2 Å². The third kappa shape index (κ3) is 6.02. The molecule has 0 aromatic carbocycles. The van der Waals surface area contributed by atoms with Crippen LogP contribution in [0.5, 0.6) is 5.88 Å². The largest absolute Gasteiger partial charge is 0.475 e. The summed E-state index contributed by atoms with van der Waals surface area (Å²) in [6.07, 6.45) is -3.86. The third-order valence-electron chi connectivity index (χ3n) is 2.13. The van der Waals surface area contributed by atoms with Crippen LogP contribution in [0.3, 0.4) is 0 Å². The molecule has 1 heterocycles. The van der Waals surface area contributed by atoms with Gasteiger partial charge in [-0.05, 0) is 6.42 Å². The van der Waals surface area contributed by atoms with E-state index in [1.165, 1.54) is 0 Å². The Morgan fingerprint density at radius 2 is 1.90 bits per heavy atom. The molecule has 9 heteroatoms. The lowest BCUT2D eigenvalue weighted by molar-refractivity contribution is -0.141. The first-order chi connectivity index (χ1) is 9.43. The van der Waals surface area contributed by atoms with Gasteiger partial charge >= 0.3 is 6.18 Å². The van der Waals surface area contributed by atoms with Crippen molar-refractivity contribution < 1.29 is 27.4 Å². The summed E-state index contributed by atoms with van der Waals surface area (Å²) in [5, 5.41) is 0. The van der Waals surface area contributed by atoms with Gasteiger partial charge in [0.25, 0.3) is 0 Å². The van der Waals surface area contributed by atoms with Crippen molar-refractivity contribution in [3.63, 3.8) is 0 Å². The lowest BCUT2D eigenvalue weighted by Crippen LogP contribution is -2.13. The fourth-order valence-electron chi connectivity index (χ4n) is 1.27. The Morgan fingerprint density at radius 3 is 2.55 bits per heavy atom. The van der Waals surface area contributed by atoms with Crippen LogP contribution in [0.25, 0.3) is 0 Å². The number of halogens is 3. The molecule has 0 amide bonds. The van der Waals surface area contributed by atoms with Gasteiger partial charge in [0, 0.05) is 26.4 Å². The minimum atomic E-state index is -4.59. The van der Waals surface area contributed by atoms with Crippen molar-refractivity contribution in [1.82, 2.24) is 9.97 Å². The Morgan fingerprint density at radius 1 is 1.15 bits per heavy atom. The van der Waals surface area contributed by atoms with E-state index >= 15 is 0 Å². The molecule has 0 bridgehead atoms. The number of alkyl halides is 3. The Labute approximate surface area is 114 Å². The number of nitrogens with two attached hydrogens (primary N) is 1. The zero-order chi connectivity index (χ0) is 15.0. The molecule has 0 radical (unpaired) electrons. The van der Waals surface area contributed by atoms with Gasteiger partial charge in [0.1, 0.15) is 6.61 Å². The van der Waals surface area contributed by atoms with Gasteiger partial charge in [-0.15, -0.1) is 0 Å². The van der Waals surface area contributed by atoms with Crippen LogP contribution in [0, 0.1) is 0 Å². The average molecular weight is 295 g/mol. The molecule has 0 saturated heterocycles. The number of nitrogens with zero attached hydrogens (tertiary/aromatic N) is 2. The van der Waals surface area contributed by atoms with E-state index in [1.807, 2.05) is 0 Å². The van der Waals surface area contributed by atoms with Crippen LogP contribution in [0.4, 0.5) is 19.1 Å². The van der Waals surface area contributed by atoms with Crippen molar-refractivity contribution in [3.8, 4) is 5.88 Å². The summed E-state index contributed by atoms with van der Waals surface area (Å²) in [5.74, 6) is -0.721. The van der Waals surface area contributed by atoms with Crippen molar-refractivity contribution in [3.05, 3.63) is 11.8 Å². The number of rotatable bonds is 8. The molecular formula is C11H16F3N3O3. The Bertz CT molecular complexity index is 416. The van der Waals surface area contributed by atoms with Crippen LogP contribution in [0.15, 0.2) is 6.07 Å². The Hall–Kier alpha value is -1.61. The van der Waals surface area contributed by atoms with E-state index < -0.39 is 17.8 Å². The molecule has 1 rings (SSSR count). The standard InChI is InChI=1S/C11H16F3N3O3/c1-18-3-2-4-19-5-6-20-9-7-8(11(12,13)14)16-10(15)17-9/h7H,2-6H2,1H3,(H2,15,16,17). The Kier molecular flexibility index (Phi) is 6.46. The molecule has 1 aromatic rings. The van der Waals surface area contributed by atoms with E-state index in [0.29, 0.717) is 19.3 Å². The maximum atomic E-state index is 12.5. The SMILES string of the molecule is COCCCOCCOc1cc(C(F)(F)F)nc(N)n1. The van der Waals surface area contributed by atoms with Crippen molar-refractivity contribution in [2.75, 3.05) is 39.3 Å². The van der Waals surface area contributed by atoms with Gasteiger partial charge in [-0.2, -0.15) is 18.2 Å². The monoisotopic (exact) mass is 295 g/mol. The first kappa shape index (κ1) is 16.4. The molecule has 0 spiro atoms. The zero-order valence-corrected chi connectivity index (χ0v) is 10.9. The van der Waals surface area contributed by atoms with Gasteiger partial charge in [0.05, 0.1) is 6.61 Å².